The first-order chi connectivity index (χ1) is 15.2. The maximum Gasteiger partial charge on any atom is 0.419 e. The van der Waals surface area contributed by atoms with Gasteiger partial charge in [-0.25, -0.2) is 4.79 Å². The van der Waals surface area contributed by atoms with Crippen LogP contribution in [0, 0.1) is 0 Å². The molecule has 160 valence electrons. The summed E-state index contributed by atoms with van der Waals surface area (Å²) in [6, 6.07) is 15.3. The number of oxazole rings is 1. The van der Waals surface area contributed by atoms with Crippen molar-refractivity contribution in [3.8, 4) is 5.75 Å². The number of aromatic nitrogens is 4. The second-order valence-corrected chi connectivity index (χ2v) is 8.88. The largest absolute Gasteiger partial charge is 0.484 e. The first-order valence-electron chi connectivity index (χ1n) is 10.2. The molecular formula is C22H21ClN4O3S. The van der Waals surface area contributed by atoms with Crippen LogP contribution < -0.4 is 10.5 Å². The maximum absolute atomic E-state index is 12.1. The summed E-state index contributed by atoms with van der Waals surface area (Å²) in [6.45, 7) is 0.924. The number of hydrogen-bond donors (Lipinski definition) is 0. The zero-order valence-corrected chi connectivity index (χ0v) is 18.3. The van der Waals surface area contributed by atoms with Crippen molar-refractivity contribution in [3.63, 3.8) is 0 Å². The lowest BCUT2D eigenvalue weighted by molar-refractivity contribution is 0.288. The van der Waals surface area contributed by atoms with Crippen molar-refractivity contribution in [2.75, 3.05) is 5.75 Å². The SMILES string of the molecule is O=c1oc2ccccc2n1CCCSc1nnc(COc2ccccc2Cl)n1C1CC1. The van der Waals surface area contributed by atoms with Gasteiger partial charge in [0, 0.05) is 18.3 Å². The third-order valence-electron chi connectivity index (χ3n) is 5.17. The van der Waals surface area contributed by atoms with E-state index in [1.807, 2.05) is 42.5 Å². The summed E-state index contributed by atoms with van der Waals surface area (Å²) >= 11 is 7.84. The quantitative estimate of drug-likeness (QED) is 0.262. The predicted octanol–water partition coefficient (Wildman–Crippen LogP) is 4.94. The summed E-state index contributed by atoms with van der Waals surface area (Å²) in [6.07, 6.45) is 3.07. The molecule has 0 spiro atoms. The number of hydrogen-bond acceptors (Lipinski definition) is 6. The number of nitrogens with zero attached hydrogens (tertiary/aromatic N) is 4. The van der Waals surface area contributed by atoms with Crippen LogP contribution in [-0.2, 0) is 13.2 Å². The lowest BCUT2D eigenvalue weighted by atomic mass is 10.3. The highest BCUT2D eigenvalue weighted by molar-refractivity contribution is 7.99. The van der Waals surface area contributed by atoms with Crippen LogP contribution in [-0.4, -0.2) is 25.1 Å². The first kappa shape index (κ1) is 20.2. The summed E-state index contributed by atoms with van der Waals surface area (Å²) in [4.78, 5) is 12.1. The Bertz CT molecular complexity index is 1260. The van der Waals surface area contributed by atoms with Gasteiger partial charge in [0.25, 0.3) is 0 Å². The standard InChI is InChI=1S/C22H21ClN4O3S/c23-16-6-1-3-8-18(16)29-14-20-24-25-21(27(20)15-10-11-15)31-13-5-12-26-17-7-2-4-9-19(17)30-22(26)28/h1-4,6-9,15H,5,10-14H2. The van der Waals surface area contributed by atoms with Crippen LogP contribution >= 0.6 is 23.4 Å². The van der Waals surface area contributed by atoms with Gasteiger partial charge in [-0.15, -0.1) is 10.2 Å². The van der Waals surface area contributed by atoms with Gasteiger partial charge in [0.2, 0.25) is 0 Å². The second-order valence-electron chi connectivity index (χ2n) is 7.41. The zero-order valence-electron chi connectivity index (χ0n) is 16.7. The number of halogens is 1. The molecule has 0 radical (unpaired) electrons. The van der Waals surface area contributed by atoms with Gasteiger partial charge in [-0.1, -0.05) is 47.6 Å². The fourth-order valence-electron chi connectivity index (χ4n) is 3.52. The minimum atomic E-state index is -0.314. The Labute approximate surface area is 188 Å². The maximum atomic E-state index is 12.1. The number of thioether (sulfide) groups is 1. The van der Waals surface area contributed by atoms with Crippen molar-refractivity contribution < 1.29 is 9.15 Å². The van der Waals surface area contributed by atoms with E-state index >= 15 is 0 Å². The molecule has 4 aromatic rings. The summed E-state index contributed by atoms with van der Waals surface area (Å²) < 4.78 is 15.0. The average Bonchev–Trinajstić information content (AvgIpc) is 3.45. The van der Waals surface area contributed by atoms with Crippen LogP contribution in [0.4, 0.5) is 0 Å². The topological polar surface area (TPSA) is 75.1 Å². The molecule has 0 saturated heterocycles. The molecule has 9 heteroatoms. The van der Waals surface area contributed by atoms with E-state index in [1.165, 1.54) is 0 Å². The smallest absolute Gasteiger partial charge is 0.419 e. The summed E-state index contributed by atoms with van der Waals surface area (Å²) in [5.41, 5.74) is 1.45. The van der Waals surface area contributed by atoms with Crippen LogP contribution in [0.15, 0.2) is 62.9 Å². The Morgan fingerprint density at radius 3 is 2.77 bits per heavy atom. The van der Waals surface area contributed by atoms with E-state index in [1.54, 1.807) is 22.4 Å². The average molecular weight is 457 g/mol. The molecule has 1 aliphatic rings. The molecule has 0 aliphatic heterocycles. The molecule has 2 aromatic carbocycles. The monoisotopic (exact) mass is 456 g/mol. The molecule has 0 unspecified atom stereocenters. The Balaban J connectivity index is 1.22. The Morgan fingerprint density at radius 2 is 1.94 bits per heavy atom. The molecule has 1 saturated carbocycles. The Kier molecular flexibility index (Phi) is 5.74. The Hall–Kier alpha value is -2.71. The van der Waals surface area contributed by atoms with Gasteiger partial charge < -0.3 is 13.7 Å². The summed E-state index contributed by atoms with van der Waals surface area (Å²) in [5, 5.41) is 10.2. The van der Waals surface area contributed by atoms with E-state index in [0.29, 0.717) is 35.5 Å². The van der Waals surface area contributed by atoms with Crippen molar-refractivity contribution in [1.82, 2.24) is 19.3 Å². The fourth-order valence-corrected chi connectivity index (χ4v) is 4.66. The normalized spacial score (nSPS) is 13.7. The zero-order chi connectivity index (χ0) is 21.2. The molecule has 5 rings (SSSR count). The second kappa shape index (κ2) is 8.80. The number of benzene rings is 2. The van der Waals surface area contributed by atoms with Crippen molar-refractivity contribution in [2.45, 2.75) is 43.6 Å². The minimum Gasteiger partial charge on any atom is -0.484 e. The van der Waals surface area contributed by atoms with E-state index in [9.17, 15) is 4.79 Å². The lowest BCUT2D eigenvalue weighted by Crippen LogP contribution is -2.14. The van der Waals surface area contributed by atoms with Gasteiger partial charge in [-0.2, -0.15) is 0 Å². The first-order valence-corrected chi connectivity index (χ1v) is 11.6. The molecule has 2 aromatic heterocycles. The van der Waals surface area contributed by atoms with Gasteiger partial charge in [-0.05, 0) is 43.5 Å². The van der Waals surface area contributed by atoms with Gasteiger partial charge in [0.1, 0.15) is 12.4 Å². The molecule has 31 heavy (non-hydrogen) atoms. The van der Waals surface area contributed by atoms with Gasteiger partial charge in [0.05, 0.1) is 10.5 Å². The van der Waals surface area contributed by atoms with E-state index in [-0.39, 0.29) is 5.76 Å². The predicted molar refractivity (Wildman–Crippen MR) is 120 cm³/mol. The molecule has 2 heterocycles. The molecule has 0 bridgehead atoms. The van der Waals surface area contributed by atoms with Crippen molar-refractivity contribution in [2.24, 2.45) is 0 Å². The van der Waals surface area contributed by atoms with E-state index < -0.39 is 0 Å². The van der Waals surface area contributed by atoms with Crippen LogP contribution in [0.1, 0.15) is 31.1 Å². The lowest BCUT2D eigenvalue weighted by Gasteiger charge is -2.10. The molecule has 1 fully saturated rings. The number of rotatable bonds is 9. The third-order valence-corrected chi connectivity index (χ3v) is 6.51. The number of ether oxygens (including phenoxy) is 1. The van der Waals surface area contributed by atoms with Crippen molar-refractivity contribution in [3.05, 3.63) is 69.9 Å². The number of fused-ring (bicyclic) bond motifs is 1. The summed E-state index contributed by atoms with van der Waals surface area (Å²) in [7, 11) is 0. The van der Waals surface area contributed by atoms with Crippen LogP contribution in [0.2, 0.25) is 5.02 Å². The molecule has 0 amide bonds. The molecule has 1 aliphatic carbocycles. The van der Waals surface area contributed by atoms with Crippen LogP contribution in [0.3, 0.4) is 0 Å². The Morgan fingerprint density at radius 1 is 1.13 bits per heavy atom. The van der Waals surface area contributed by atoms with Crippen LogP contribution in [0.25, 0.3) is 11.1 Å². The molecule has 7 nitrogen and oxygen atoms in total. The minimum absolute atomic E-state index is 0.314. The van der Waals surface area contributed by atoms with Gasteiger partial charge >= 0.3 is 5.76 Å². The summed E-state index contributed by atoms with van der Waals surface area (Å²) in [5.74, 6) is 1.96. The van der Waals surface area contributed by atoms with Crippen molar-refractivity contribution >= 4 is 34.5 Å². The van der Waals surface area contributed by atoms with E-state index in [4.69, 9.17) is 20.8 Å². The number of aryl methyl sites for hydroxylation is 1. The highest BCUT2D eigenvalue weighted by atomic mass is 35.5. The molecule has 0 N–H and O–H groups in total. The highest BCUT2D eigenvalue weighted by Crippen LogP contribution is 2.39. The van der Waals surface area contributed by atoms with Gasteiger partial charge in [-0.3, -0.25) is 4.57 Å². The molecule has 0 atom stereocenters. The van der Waals surface area contributed by atoms with Crippen LogP contribution in [0.5, 0.6) is 5.75 Å². The van der Waals surface area contributed by atoms with Gasteiger partial charge in [0.15, 0.2) is 16.6 Å². The van der Waals surface area contributed by atoms with Crippen molar-refractivity contribution in [1.29, 1.82) is 0 Å². The van der Waals surface area contributed by atoms with E-state index in [2.05, 4.69) is 14.8 Å². The molecular weight excluding hydrogens is 436 g/mol. The number of para-hydroxylation sites is 3. The highest BCUT2D eigenvalue weighted by Gasteiger charge is 2.29. The third kappa shape index (κ3) is 4.36. The van der Waals surface area contributed by atoms with E-state index in [0.717, 1.165) is 41.5 Å². The fraction of sp³-hybridized carbons (Fsp3) is 0.318.